The first-order chi connectivity index (χ1) is 9.46. The van der Waals surface area contributed by atoms with Gasteiger partial charge in [0.2, 0.25) is 0 Å². The van der Waals surface area contributed by atoms with Gasteiger partial charge in [-0.3, -0.25) is 4.79 Å². The number of rotatable bonds is 5. The summed E-state index contributed by atoms with van der Waals surface area (Å²) in [6.45, 7) is 4.03. The minimum Gasteiger partial charge on any atom is -0.465 e. The van der Waals surface area contributed by atoms with Crippen molar-refractivity contribution in [1.82, 2.24) is 4.90 Å². The molecule has 0 saturated heterocycles. The predicted molar refractivity (Wildman–Crippen MR) is 79.4 cm³/mol. The van der Waals surface area contributed by atoms with Crippen LogP contribution in [-0.2, 0) is 9.53 Å². The van der Waals surface area contributed by atoms with E-state index in [1.807, 2.05) is 0 Å². The Kier molecular flexibility index (Phi) is 6.61. The molecule has 0 heterocycles. The second kappa shape index (κ2) is 7.97. The number of likely N-dealkylation sites (N-methyl/N-ethyl adjacent to an activating group) is 1. The van der Waals surface area contributed by atoms with Crippen LogP contribution in [0.2, 0.25) is 10.0 Å². The third-order valence-electron chi connectivity index (χ3n) is 2.41. The van der Waals surface area contributed by atoms with Gasteiger partial charge in [-0.05, 0) is 32.0 Å². The molecule has 7 heteroatoms. The van der Waals surface area contributed by atoms with Gasteiger partial charge in [0.05, 0.1) is 6.61 Å². The third-order valence-corrected chi connectivity index (χ3v) is 2.84. The van der Waals surface area contributed by atoms with Crippen LogP contribution in [0.5, 0.6) is 0 Å². The van der Waals surface area contributed by atoms with Crippen molar-refractivity contribution in [2.45, 2.75) is 13.8 Å². The van der Waals surface area contributed by atoms with E-state index in [4.69, 9.17) is 27.9 Å². The van der Waals surface area contributed by atoms with Gasteiger partial charge in [0.15, 0.2) is 0 Å². The topological polar surface area (TPSA) is 58.6 Å². The van der Waals surface area contributed by atoms with Crippen LogP contribution in [0.25, 0.3) is 0 Å². The Morgan fingerprint density at radius 3 is 2.30 bits per heavy atom. The first-order valence-electron chi connectivity index (χ1n) is 6.13. The summed E-state index contributed by atoms with van der Waals surface area (Å²) in [7, 11) is 0. The summed E-state index contributed by atoms with van der Waals surface area (Å²) < 4.78 is 4.81. The molecule has 0 atom stereocenters. The average Bonchev–Trinajstić information content (AvgIpc) is 2.34. The lowest BCUT2D eigenvalue weighted by molar-refractivity contribution is -0.143. The number of halogens is 2. The molecule has 1 N–H and O–H groups in total. The third kappa shape index (κ3) is 5.27. The van der Waals surface area contributed by atoms with Gasteiger partial charge in [-0.2, -0.15) is 0 Å². The molecule has 0 aromatic heterocycles. The van der Waals surface area contributed by atoms with E-state index < -0.39 is 12.0 Å². The van der Waals surface area contributed by atoms with Crippen LogP contribution >= 0.6 is 23.2 Å². The van der Waals surface area contributed by atoms with E-state index in [1.54, 1.807) is 32.0 Å². The number of urea groups is 1. The van der Waals surface area contributed by atoms with Crippen LogP contribution in [0.3, 0.4) is 0 Å². The largest absolute Gasteiger partial charge is 0.465 e. The van der Waals surface area contributed by atoms with E-state index in [2.05, 4.69) is 5.32 Å². The van der Waals surface area contributed by atoms with E-state index in [-0.39, 0.29) is 13.2 Å². The van der Waals surface area contributed by atoms with Gasteiger partial charge in [0.25, 0.3) is 0 Å². The number of benzene rings is 1. The van der Waals surface area contributed by atoms with Crippen molar-refractivity contribution in [1.29, 1.82) is 0 Å². The Labute approximate surface area is 127 Å². The maximum absolute atomic E-state index is 12.0. The standard InChI is InChI=1S/C13H16Cl2N2O3/c1-3-17(8-12(18)20-4-2)13(19)16-11-6-9(14)5-10(15)7-11/h5-7H,3-4,8H2,1-2H3,(H,16,19). The normalized spacial score (nSPS) is 10.0. The Morgan fingerprint density at radius 1 is 1.20 bits per heavy atom. The van der Waals surface area contributed by atoms with Gasteiger partial charge in [-0.25, -0.2) is 4.79 Å². The van der Waals surface area contributed by atoms with Gasteiger partial charge in [-0.15, -0.1) is 0 Å². The van der Waals surface area contributed by atoms with Crippen molar-refractivity contribution in [2.24, 2.45) is 0 Å². The zero-order chi connectivity index (χ0) is 15.1. The molecule has 2 amide bonds. The second-order valence-electron chi connectivity index (χ2n) is 3.91. The summed E-state index contributed by atoms with van der Waals surface area (Å²) >= 11 is 11.7. The highest BCUT2D eigenvalue weighted by molar-refractivity contribution is 6.35. The number of anilines is 1. The Hall–Kier alpha value is -1.46. The summed E-state index contributed by atoms with van der Waals surface area (Å²) in [6.07, 6.45) is 0. The first-order valence-corrected chi connectivity index (χ1v) is 6.89. The molecule has 0 aliphatic rings. The zero-order valence-electron chi connectivity index (χ0n) is 11.3. The molecule has 1 aromatic carbocycles. The van der Waals surface area contributed by atoms with Crippen LogP contribution in [0.4, 0.5) is 10.5 Å². The molecular formula is C13H16Cl2N2O3. The van der Waals surface area contributed by atoms with Crippen molar-refractivity contribution in [3.63, 3.8) is 0 Å². The Bertz CT molecular complexity index is 474. The van der Waals surface area contributed by atoms with Crippen LogP contribution in [-0.4, -0.2) is 36.6 Å². The lowest BCUT2D eigenvalue weighted by atomic mass is 10.3. The van der Waals surface area contributed by atoms with Crippen molar-refractivity contribution >= 4 is 40.9 Å². The van der Waals surface area contributed by atoms with Gasteiger partial charge < -0.3 is 15.0 Å². The quantitative estimate of drug-likeness (QED) is 0.846. The summed E-state index contributed by atoms with van der Waals surface area (Å²) in [5.41, 5.74) is 0.467. The van der Waals surface area contributed by atoms with Crippen molar-refractivity contribution in [3.05, 3.63) is 28.2 Å². The van der Waals surface area contributed by atoms with Gasteiger partial charge in [0, 0.05) is 22.3 Å². The Balaban J connectivity index is 2.69. The molecule has 0 fully saturated rings. The van der Waals surface area contributed by atoms with Crippen molar-refractivity contribution < 1.29 is 14.3 Å². The summed E-state index contributed by atoms with van der Waals surface area (Å²) in [5.74, 6) is -0.450. The molecule has 0 unspecified atom stereocenters. The van der Waals surface area contributed by atoms with Crippen LogP contribution < -0.4 is 5.32 Å². The highest BCUT2D eigenvalue weighted by atomic mass is 35.5. The average molecular weight is 319 g/mol. The van der Waals surface area contributed by atoms with E-state index in [0.29, 0.717) is 22.3 Å². The SMILES string of the molecule is CCOC(=O)CN(CC)C(=O)Nc1cc(Cl)cc(Cl)c1. The number of hydrogen-bond donors (Lipinski definition) is 1. The molecule has 1 aromatic rings. The molecule has 0 bridgehead atoms. The maximum Gasteiger partial charge on any atom is 0.325 e. The summed E-state index contributed by atoms with van der Waals surface area (Å²) in [4.78, 5) is 24.7. The number of esters is 1. The number of carbonyl (C=O) groups is 2. The minimum atomic E-state index is -0.450. The van der Waals surface area contributed by atoms with Crippen molar-refractivity contribution in [3.8, 4) is 0 Å². The van der Waals surface area contributed by atoms with Crippen LogP contribution in [0.1, 0.15) is 13.8 Å². The second-order valence-corrected chi connectivity index (χ2v) is 4.78. The molecule has 1 rings (SSSR count). The molecule has 110 valence electrons. The zero-order valence-corrected chi connectivity index (χ0v) is 12.8. The highest BCUT2D eigenvalue weighted by Gasteiger charge is 2.16. The van der Waals surface area contributed by atoms with Gasteiger partial charge in [0.1, 0.15) is 6.54 Å². The molecule has 0 saturated carbocycles. The fourth-order valence-electron chi connectivity index (χ4n) is 1.52. The smallest absolute Gasteiger partial charge is 0.325 e. The fraction of sp³-hybridized carbons (Fsp3) is 0.385. The molecule has 0 aliphatic heterocycles. The van der Waals surface area contributed by atoms with Crippen LogP contribution in [0, 0.1) is 0 Å². The molecule has 0 aliphatic carbocycles. The Morgan fingerprint density at radius 2 is 1.80 bits per heavy atom. The molecule has 5 nitrogen and oxygen atoms in total. The minimum absolute atomic E-state index is 0.107. The van der Waals surface area contributed by atoms with Crippen molar-refractivity contribution in [2.75, 3.05) is 25.0 Å². The molecule has 0 spiro atoms. The fourth-order valence-corrected chi connectivity index (χ4v) is 2.04. The maximum atomic E-state index is 12.0. The van der Waals surface area contributed by atoms with E-state index in [0.717, 1.165) is 0 Å². The van der Waals surface area contributed by atoms with Gasteiger partial charge in [-0.1, -0.05) is 23.2 Å². The monoisotopic (exact) mass is 318 g/mol. The number of ether oxygens (including phenoxy) is 1. The van der Waals surface area contributed by atoms with E-state index in [9.17, 15) is 9.59 Å². The highest BCUT2D eigenvalue weighted by Crippen LogP contribution is 2.22. The first kappa shape index (κ1) is 16.6. The summed E-state index contributed by atoms with van der Waals surface area (Å²) in [6, 6.07) is 4.29. The predicted octanol–water partition coefficient (Wildman–Crippen LogP) is 3.41. The molecule has 20 heavy (non-hydrogen) atoms. The van der Waals surface area contributed by atoms with Crippen LogP contribution in [0.15, 0.2) is 18.2 Å². The number of hydrogen-bond acceptors (Lipinski definition) is 3. The summed E-state index contributed by atoms with van der Waals surface area (Å²) in [5, 5.41) is 3.47. The molecular weight excluding hydrogens is 303 g/mol. The van der Waals surface area contributed by atoms with E-state index >= 15 is 0 Å². The number of amides is 2. The van der Waals surface area contributed by atoms with E-state index in [1.165, 1.54) is 4.90 Å². The number of nitrogens with zero attached hydrogens (tertiary/aromatic N) is 1. The number of nitrogens with one attached hydrogen (secondary N) is 1. The number of carbonyl (C=O) groups excluding carboxylic acids is 2. The lowest BCUT2D eigenvalue weighted by Crippen LogP contribution is -2.39. The lowest BCUT2D eigenvalue weighted by Gasteiger charge is -2.20. The van der Waals surface area contributed by atoms with Gasteiger partial charge >= 0.3 is 12.0 Å². The molecule has 0 radical (unpaired) electrons.